The molecule has 2 N–H and O–H groups in total. The Kier molecular flexibility index (Phi) is 7.36. The van der Waals surface area contributed by atoms with Gasteiger partial charge in [0.05, 0.1) is 14.2 Å². The highest BCUT2D eigenvalue weighted by atomic mass is 16.5. The number of aryl methyl sites for hydroxylation is 1. The third kappa shape index (κ3) is 5.41. The summed E-state index contributed by atoms with van der Waals surface area (Å²) in [6.45, 7) is 6.48. The minimum atomic E-state index is 0.171. The molecule has 1 aliphatic heterocycles. The number of hydrogen-bond acceptors (Lipinski definition) is 6. The molecule has 0 aliphatic carbocycles. The first kappa shape index (κ1) is 21.4. The summed E-state index contributed by atoms with van der Waals surface area (Å²) in [7, 11) is 3.29. The topological polar surface area (TPSA) is 65.4 Å². The molecule has 2 aromatic carbocycles. The lowest BCUT2D eigenvalue weighted by Gasteiger charge is -2.41. The van der Waals surface area contributed by atoms with E-state index in [9.17, 15) is 10.2 Å². The van der Waals surface area contributed by atoms with Gasteiger partial charge in [-0.15, -0.1) is 0 Å². The summed E-state index contributed by atoms with van der Waals surface area (Å²) < 4.78 is 10.5. The van der Waals surface area contributed by atoms with Crippen LogP contribution in [0.1, 0.15) is 23.1 Å². The van der Waals surface area contributed by atoms with Crippen molar-refractivity contribution in [1.29, 1.82) is 0 Å². The number of nitrogens with zero attached hydrogens (tertiary/aromatic N) is 2. The predicted molar refractivity (Wildman–Crippen MR) is 114 cm³/mol. The van der Waals surface area contributed by atoms with Gasteiger partial charge in [0.2, 0.25) is 0 Å². The molecule has 1 aliphatic rings. The number of phenolic OH excluding ortho intramolecular Hbond substituents is 1. The molecule has 0 spiro atoms. The Bertz CT molecular complexity index is 811. The lowest BCUT2D eigenvalue weighted by molar-refractivity contribution is 0.0496. The maximum absolute atomic E-state index is 10.3. The van der Waals surface area contributed by atoms with Crippen molar-refractivity contribution in [1.82, 2.24) is 9.80 Å². The van der Waals surface area contributed by atoms with E-state index < -0.39 is 0 Å². The summed E-state index contributed by atoms with van der Waals surface area (Å²) in [6.07, 6.45) is 0.736. The second-order valence-electron chi connectivity index (χ2n) is 7.67. The minimum Gasteiger partial charge on any atom is -0.507 e. The quantitative estimate of drug-likeness (QED) is 0.710. The molecule has 0 bridgehead atoms. The highest BCUT2D eigenvalue weighted by Gasteiger charge is 2.27. The van der Waals surface area contributed by atoms with E-state index in [1.807, 2.05) is 18.2 Å². The zero-order valence-corrected chi connectivity index (χ0v) is 17.6. The number of phenols is 1. The molecule has 158 valence electrons. The minimum absolute atomic E-state index is 0.171. The van der Waals surface area contributed by atoms with Crippen LogP contribution in [0.25, 0.3) is 0 Å². The Morgan fingerprint density at radius 3 is 2.52 bits per heavy atom. The molecule has 0 aromatic heterocycles. The van der Waals surface area contributed by atoms with E-state index in [0.717, 1.165) is 49.5 Å². The fourth-order valence-electron chi connectivity index (χ4n) is 4.05. The van der Waals surface area contributed by atoms with E-state index in [2.05, 4.69) is 28.9 Å². The Morgan fingerprint density at radius 1 is 1.03 bits per heavy atom. The van der Waals surface area contributed by atoms with Gasteiger partial charge in [-0.05, 0) is 36.6 Å². The Hall–Kier alpha value is -2.28. The summed E-state index contributed by atoms with van der Waals surface area (Å²) in [6, 6.07) is 12.0. The van der Waals surface area contributed by atoms with Crippen molar-refractivity contribution in [2.45, 2.75) is 32.5 Å². The van der Waals surface area contributed by atoms with Gasteiger partial charge < -0.3 is 19.7 Å². The van der Waals surface area contributed by atoms with Crippen LogP contribution in [-0.4, -0.2) is 66.5 Å². The van der Waals surface area contributed by atoms with Gasteiger partial charge in [-0.1, -0.05) is 18.2 Å². The number of ether oxygens (including phenoxy) is 2. The summed E-state index contributed by atoms with van der Waals surface area (Å²) in [4.78, 5) is 4.79. The van der Waals surface area contributed by atoms with Crippen LogP contribution in [0.15, 0.2) is 36.4 Å². The maximum atomic E-state index is 10.3. The molecule has 1 atom stereocenters. The van der Waals surface area contributed by atoms with Gasteiger partial charge in [-0.25, -0.2) is 0 Å². The first-order valence-corrected chi connectivity index (χ1v) is 10.1. The van der Waals surface area contributed by atoms with Gasteiger partial charge >= 0.3 is 0 Å². The van der Waals surface area contributed by atoms with Crippen LogP contribution in [0.2, 0.25) is 0 Å². The largest absolute Gasteiger partial charge is 0.507 e. The highest BCUT2D eigenvalue weighted by Crippen LogP contribution is 2.26. The van der Waals surface area contributed by atoms with Gasteiger partial charge in [0.15, 0.2) is 0 Å². The van der Waals surface area contributed by atoms with Crippen molar-refractivity contribution in [2.75, 3.05) is 40.5 Å². The predicted octanol–water partition coefficient (Wildman–Crippen LogP) is 2.79. The first-order valence-electron chi connectivity index (χ1n) is 10.1. The van der Waals surface area contributed by atoms with Crippen LogP contribution in [-0.2, 0) is 13.1 Å². The summed E-state index contributed by atoms with van der Waals surface area (Å²) in [5.74, 6) is 1.83. The maximum Gasteiger partial charge on any atom is 0.123 e. The summed E-state index contributed by atoms with van der Waals surface area (Å²) >= 11 is 0. The highest BCUT2D eigenvalue weighted by molar-refractivity contribution is 5.39. The summed E-state index contributed by atoms with van der Waals surface area (Å²) in [5, 5.41) is 19.8. The van der Waals surface area contributed by atoms with Crippen molar-refractivity contribution in [2.24, 2.45) is 0 Å². The SMILES string of the molecule is COc1ccc(CN2CCN(Cc3ccc(OC)c(C)c3)C(CCO)C2)c(O)c1. The number of aliphatic hydroxyl groups is 1. The molecular weight excluding hydrogens is 368 g/mol. The first-order chi connectivity index (χ1) is 14.0. The molecule has 0 radical (unpaired) electrons. The summed E-state index contributed by atoms with van der Waals surface area (Å²) in [5.41, 5.74) is 3.29. The average molecular weight is 401 g/mol. The Morgan fingerprint density at radius 2 is 1.86 bits per heavy atom. The van der Waals surface area contributed by atoms with E-state index in [0.29, 0.717) is 12.3 Å². The van der Waals surface area contributed by atoms with Crippen molar-refractivity contribution in [3.05, 3.63) is 53.1 Å². The lowest BCUT2D eigenvalue weighted by Crippen LogP contribution is -2.52. The molecule has 29 heavy (non-hydrogen) atoms. The third-order valence-corrected chi connectivity index (χ3v) is 5.68. The second-order valence-corrected chi connectivity index (χ2v) is 7.67. The molecule has 3 rings (SSSR count). The van der Waals surface area contributed by atoms with Gasteiger partial charge in [-0.2, -0.15) is 0 Å². The number of hydrogen-bond donors (Lipinski definition) is 2. The van der Waals surface area contributed by atoms with Crippen LogP contribution >= 0.6 is 0 Å². The average Bonchev–Trinajstić information content (AvgIpc) is 2.71. The van der Waals surface area contributed by atoms with Crippen molar-refractivity contribution in [3.8, 4) is 17.2 Å². The van der Waals surface area contributed by atoms with Gasteiger partial charge in [0.1, 0.15) is 17.2 Å². The zero-order valence-electron chi connectivity index (χ0n) is 17.6. The van der Waals surface area contributed by atoms with E-state index in [1.54, 1.807) is 20.3 Å². The van der Waals surface area contributed by atoms with E-state index in [1.165, 1.54) is 5.56 Å². The molecule has 0 saturated carbocycles. The zero-order chi connectivity index (χ0) is 20.8. The van der Waals surface area contributed by atoms with Crippen LogP contribution < -0.4 is 9.47 Å². The standard InChI is InChI=1S/C23H32N2O4/c1-17-12-18(4-7-23(17)29-3)14-25-10-9-24(16-20(25)8-11-26)15-19-5-6-21(28-2)13-22(19)27/h4-7,12-13,20,26-27H,8-11,14-16H2,1-3H3. The molecule has 6 heteroatoms. The van der Waals surface area contributed by atoms with Gasteiger partial charge in [0, 0.05) is 57.0 Å². The Labute approximate surface area is 173 Å². The number of aromatic hydroxyl groups is 1. The smallest absolute Gasteiger partial charge is 0.123 e. The van der Waals surface area contributed by atoms with Gasteiger partial charge in [0.25, 0.3) is 0 Å². The number of aliphatic hydroxyl groups excluding tert-OH is 1. The molecular formula is C23H32N2O4. The van der Waals surface area contributed by atoms with E-state index >= 15 is 0 Å². The molecule has 1 saturated heterocycles. The Balaban J connectivity index is 1.65. The fraction of sp³-hybridized carbons (Fsp3) is 0.478. The monoisotopic (exact) mass is 400 g/mol. The van der Waals surface area contributed by atoms with Crippen molar-refractivity contribution >= 4 is 0 Å². The van der Waals surface area contributed by atoms with Gasteiger partial charge in [-0.3, -0.25) is 9.80 Å². The fourth-order valence-corrected chi connectivity index (χ4v) is 4.05. The van der Waals surface area contributed by atoms with Crippen LogP contribution in [0.4, 0.5) is 0 Å². The third-order valence-electron chi connectivity index (χ3n) is 5.68. The second kappa shape index (κ2) is 9.96. The number of rotatable bonds is 8. The molecule has 2 aromatic rings. The molecule has 1 fully saturated rings. The number of benzene rings is 2. The van der Waals surface area contributed by atoms with Crippen LogP contribution in [0.3, 0.4) is 0 Å². The van der Waals surface area contributed by atoms with E-state index in [4.69, 9.17) is 9.47 Å². The molecule has 1 unspecified atom stereocenters. The van der Waals surface area contributed by atoms with Crippen molar-refractivity contribution < 1.29 is 19.7 Å². The molecule has 0 amide bonds. The van der Waals surface area contributed by atoms with Crippen molar-refractivity contribution in [3.63, 3.8) is 0 Å². The number of piperazine rings is 1. The van der Waals surface area contributed by atoms with Crippen LogP contribution in [0.5, 0.6) is 17.2 Å². The normalized spacial score (nSPS) is 18.0. The molecule has 6 nitrogen and oxygen atoms in total. The van der Waals surface area contributed by atoms with E-state index in [-0.39, 0.29) is 18.4 Å². The number of methoxy groups -OCH3 is 2. The lowest BCUT2D eigenvalue weighted by atomic mass is 10.0. The molecule has 1 heterocycles. The van der Waals surface area contributed by atoms with Crippen LogP contribution in [0, 0.1) is 6.92 Å².